The van der Waals surface area contributed by atoms with E-state index in [1.165, 1.54) is 32.1 Å². The number of amides is 1. The maximum atomic E-state index is 11.9. The van der Waals surface area contributed by atoms with E-state index in [9.17, 15) is 4.79 Å². The van der Waals surface area contributed by atoms with E-state index < -0.39 is 0 Å². The lowest BCUT2D eigenvalue weighted by Crippen LogP contribution is -2.55. The van der Waals surface area contributed by atoms with Gasteiger partial charge < -0.3 is 0 Å². The van der Waals surface area contributed by atoms with Gasteiger partial charge in [0.15, 0.2) is 0 Å². The average Bonchev–Trinajstić information content (AvgIpc) is 2.38. The summed E-state index contributed by atoms with van der Waals surface area (Å²) in [4.78, 5) is 14.3. The van der Waals surface area contributed by atoms with Crippen molar-refractivity contribution < 1.29 is 4.79 Å². The van der Waals surface area contributed by atoms with Crippen LogP contribution in [0.2, 0.25) is 0 Å². The highest BCUT2D eigenvalue weighted by molar-refractivity contribution is 5.81. The van der Waals surface area contributed by atoms with E-state index >= 15 is 0 Å². The standard InChI is InChI=1S/C14H27N3O/c1-10(2)13(14(18)16-15)17-8-7-11-5-3-4-6-12(11)9-17/h10-13H,3-9,15H2,1-2H3,(H,16,18). The van der Waals surface area contributed by atoms with Crippen molar-refractivity contribution in [3.63, 3.8) is 0 Å². The van der Waals surface area contributed by atoms with Crippen LogP contribution in [-0.2, 0) is 4.79 Å². The van der Waals surface area contributed by atoms with Gasteiger partial charge in [0.1, 0.15) is 0 Å². The number of fused-ring (bicyclic) bond motifs is 1. The Balaban J connectivity index is 2.01. The van der Waals surface area contributed by atoms with Gasteiger partial charge in [-0.2, -0.15) is 0 Å². The first kappa shape index (κ1) is 13.8. The molecule has 1 saturated carbocycles. The second-order valence-electron chi connectivity index (χ2n) is 6.29. The third-order valence-electron chi connectivity index (χ3n) is 4.76. The van der Waals surface area contributed by atoms with Crippen LogP contribution in [0.5, 0.6) is 0 Å². The molecule has 3 unspecified atom stereocenters. The van der Waals surface area contributed by atoms with Crippen molar-refractivity contribution in [1.29, 1.82) is 0 Å². The largest absolute Gasteiger partial charge is 0.293 e. The van der Waals surface area contributed by atoms with Gasteiger partial charge in [-0.3, -0.25) is 15.1 Å². The zero-order valence-electron chi connectivity index (χ0n) is 11.7. The Hall–Kier alpha value is -0.610. The minimum absolute atomic E-state index is 0.0285. The van der Waals surface area contributed by atoms with Gasteiger partial charge in [0.25, 0.3) is 5.91 Å². The molecule has 104 valence electrons. The maximum absolute atomic E-state index is 11.9. The lowest BCUT2D eigenvalue weighted by molar-refractivity contribution is -0.129. The Morgan fingerprint density at radius 2 is 1.89 bits per heavy atom. The van der Waals surface area contributed by atoms with Gasteiger partial charge in [-0.05, 0) is 37.1 Å². The van der Waals surface area contributed by atoms with Crippen LogP contribution >= 0.6 is 0 Å². The van der Waals surface area contributed by atoms with Gasteiger partial charge in [0.05, 0.1) is 6.04 Å². The Labute approximate surface area is 110 Å². The van der Waals surface area contributed by atoms with Crippen molar-refractivity contribution in [1.82, 2.24) is 10.3 Å². The number of hydrogen-bond donors (Lipinski definition) is 2. The molecule has 0 aromatic heterocycles. The minimum Gasteiger partial charge on any atom is -0.293 e. The van der Waals surface area contributed by atoms with Gasteiger partial charge in [-0.15, -0.1) is 0 Å². The molecule has 1 aliphatic carbocycles. The summed E-state index contributed by atoms with van der Waals surface area (Å²) in [6.07, 6.45) is 6.76. The Bertz CT molecular complexity index is 293. The average molecular weight is 253 g/mol. The lowest BCUT2D eigenvalue weighted by Gasteiger charge is -2.44. The number of nitrogens with one attached hydrogen (secondary N) is 1. The van der Waals surface area contributed by atoms with E-state index in [0.29, 0.717) is 5.92 Å². The fraction of sp³-hybridized carbons (Fsp3) is 0.929. The van der Waals surface area contributed by atoms with Gasteiger partial charge in [0.2, 0.25) is 0 Å². The molecule has 0 aromatic carbocycles. The Kier molecular flexibility index (Phi) is 4.62. The van der Waals surface area contributed by atoms with E-state index in [1.54, 1.807) is 0 Å². The number of piperidine rings is 1. The maximum Gasteiger partial charge on any atom is 0.251 e. The molecular formula is C14H27N3O. The van der Waals surface area contributed by atoms with Crippen LogP contribution in [0.1, 0.15) is 46.0 Å². The SMILES string of the molecule is CC(C)C(C(=O)NN)N1CCC2CCCCC2C1. The molecule has 2 fully saturated rings. The summed E-state index contributed by atoms with van der Waals surface area (Å²) in [5.74, 6) is 7.32. The number of carbonyl (C=O) groups is 1. The second kappa shape index (κ2) is 6.02. The number of hydrogen-bond acceptors (Lipinski definition) is 3. The highest BCUT2D eigenvalue weighted by Crippen LogP contribution is 2.37. The fourth-order valence-electron chi connectivity index (χ4n) is 3.86. The predicted octanol–water partition coefficient (Wildman–Crippen LogP) is 1.51. The van der Waals surface area contributed by atoms with Crippen molar-refractivity contribution in [3.05, 3.63) is 0 Å². The van der Waals surface area contributed by atoms with E-state index in [-0.39, 0.29) is 11.9 Å². The van der Waals surface area contributed by atoms with Crippen LogP contribution in [0.25, 0.3) is 0 Å². The fourth-order valence-corrected chi connectivity index (χ4v) is 3.86. The first-order valence-electron chi connectivity index (χ1n) is 7.38. The van der Waals surface area contributed by atoms with Crippen molar-refractivity contribution in [2.75, 3.05) is 13.1 Å². The molecule has 1 saturated heterocycles. The molecule has 4 heteroatoms. The summed E-state index contributed by atoms with van der Waals surface area (Å²) < 4.78 is 0. The van der Waals surface area contributed by atoms with Crippen LogP contribution in [0.15, 0.2) is 0 Å². The predicted molar refractivity (Wildman–Crippen MR) is 72.6 cm³/mol. The van der Waals surface area contributed by atoms with Gasteiger partial charge in [-0.25, -0.2) is 5.84 Å². The molecule has 0 radical (unpaired) electrons. The van der Waals surface area contributed by atoms with Crippen LogP contribution in [0.3, 0.4) is 0 Å². The monoisotopic (exact) mass is 253 g/mol. The summed E-state index contributed by atoms with van der Waals surface area (Å²) in [5.41, 5.74) is 2.34. The van der Waals surface area contributed by atoms with E-state index in [0.717, 1.165) is 24.9 Å². The Morgan fingerprint density at radius 1 is 1.22 bits per heavy atom. The molecule has 2 aliphatic rings. The molecule has 1 aliphatic heterocycles. The third-order valence-corrected chi connectivity index (χ3v) is 4.76. The van der Waals surface area contributed by atoms with Gasteiger partial charge in [0, 0.05) is 6.54 Å². The molecule has 3 N–H and O–H groups in total. The smallest absolute Gasteiger partial charge is 0.251 e. The van der Waals surface area contributed by atoms with Crippen molar-refractivity contribution in [2.24, 2.45) is 23.6 Å². The third kappa shape index (κ3) is 2.86. The molecule has 1 heterocycles. The molecule has 18 heavy (non-hydrogen) atoms. The number of likely N-dealkylation sites (tertiary alicyclic amines) is 1. The van der Waals surface area contributed by atoms with Crippen molar-refractivity contribution in [2.45, 2.75) is 52.0 Å². The van der Waals surface area contributed by atoms with Crippen molar-refractivity contribution >= 4 is 5.91 Å². The first-order chi connectivity index (χ1) is 8.63. The summed E-state index contributed by atoms with van der Waals surface area (Å²) in [6.45, 7) is 6.35. The minimum atomic E-state index is -0.0575. The molecule has 4 nitrogen and oxygen atoms in total. The zero-order chi connectivity index (χ0) is 13.1. The van der Waals surface area contributed by atoms with Crippen LogP contribution in [0.4, 0.5) is 0 Å². The number of hydrazine groups is 1. The summed E-state index contributed by atoms with van der Waals surface area (Å²) in [5, 5.41) is 0. The normalized spacial score (nSPS) is 30.9. The number of carbonyl (C=O) groups excluding carboxylic acids is 1. The topological polar surface area (TPSA) is 58.4 Å². The highest BCUT2D eigenvalue weighted by Gasteiger charge is 2.36. The number of nitrogens with two attached hydrogens (primary N) is 1. The quantitative estimate of drug-likeness (QED) is 0.455. The van der Waals surface area contributed by atoms with Crippen molar-refractivity contribution in [3.8, 4) is 0 Å². The van der Waals surface area contributed by atoms with Crippen LogP contribution in [-0.4, -0.2) is 29.9 Å². The molecule has 1 amide bonds. The molecule has 0 spiro atoms. The molecule has 2 rings (SSSR count). The Morgan fingerprint density at radius 3 is 2.50 bits per heavy atom. The lowest BCUT2D eigenvalue weighted by atomic mass is 9.74. The summed E-state index contributed by atoms with van der Waals surface area (Å²) in [7, 11) is 0. The number of rotatable bonds is 3. The zero-order valence-corrected chi connectivity index (χ0v) is 11.7. The summed E-state index contributed by atoms with van der Waals surface area (Å²) >= 11 is 0. The highest BCUT2D eigenvalue weighted by atomic mass is 16.2. The second-order valence-corrected chi connectivity index (χ2v) is 6.29. The molecule has 3 atom stereocenters. The van der Waals surface area contributed by atoms with Gasteiger partial charge >= 0.3 is 0 Å². The number of nitrogens with zero attached hydrogens (tertiary/aromatic N) is 1. The first-order valence-corrected chi connectivity index (χ1v) is 7.38. The summed E-state index contributed by atoms with van der Waals surface area (Å²) in [6, 6.07) is -0.0575. The molecule has 0 aromatic rings. The van der Waals surface area contributed by atoms with E-state index in [2.05, 4.69) is 24.2 Å². The van der Waals surface area contributed by atoms with Gasteiger partial charge in [-0.1, -0.05) is 33.1 Å². The molecular weight excluding hydrogens is 226 g/mol. The van der Waals surface area contributed by atoms with Crippen LogP contribution in [0, 0.1) is 17.8 Å². The van der Waals surface area contributed by atoms with Crippen LogP contribution < -0.4 is 11.3 Å². The van der Waals surface area contributed by atoms with E-state index in [4.69, 9.17) is 5.84 Å². The molecule has 0 bridgehead atoms. The van der Waals surface area contributed by atoms with E-state index in [1.807, 2.05) is 0 Å².